The van der Waals surface area contributed by atoms with Crippen LogP contribution in [0.4, 0.5) is 0 Å². The van der Waals surface area contributed by atoms with E-state index in [2.05, 4.69) is 33.9 Å². The number of aliphatic hydroxyl groups excluding tert-OH is 1. The van der Waals surface area contributed by atoms with Gasteiger partial charge in [-0.3, -0.25) is 23.7 Å². The molecule has 4 N–H and O–H groups in total. The van der Waals surface area contributed by atoms with Crippen LogP contribution in [0.15, 0.2) is 12.2 Å². The van der Waals surface area contributed by atoms with Gasteiger partial charge in [-0.25, -0.2) is 4.18 Å². The largest absolute Gasteiger partial charge is 0.481 e. The molecule has 21 heteroatoms. The molecule has 55 heavy (non-hydrogen) atoms. The summed E-state index contributed by atoms with van der Waals surface area (Å²) in [5.41, 5.74) is -0.358. The standard InChI is InChI=1S/C34H50O19S2/c1-16(2)11-26(38)48-29-28(50-55(42,43)44)27(49-51-52-53-54)22(15-45-25(37)8-7-24(35)36)47-32(29)46-19-12-20(31(40)41)21-9-10-34-13-18(17(3)30(34)39)5-6-23(34)33(21,4)14-19/h16,18-23,27-30,32,39,54H,3,5-15H2,1-2,4H3,(H,35,36)(H,40,41)(H,42,43,44)/t18?,19?,20?,21?,22-,23?,27+,28-,29?,30-,32+,33?,34?/m0/s1. The molecule has 2 bridgehead atoms. The van der Waals surface area contributed by atoms with Crippen molar-refractivity contribution in [3.8, 4) is 0 Å². The number of fused-ring (bicyclic) bond motifs is 3. The van der Waals surface area contributed by atoms with Crippen molar-refractivity contribution in [2.45, 2.75) is 128 Å². The first-order chi connectivity index (χ1) is 25.8. The van der Waals surface area contributed by atoms with Crippen LogP contribution in [-0.4, -0.2) is 102 Å². The summed E-state index contributed by atoms with van der Waals surface area (Å²) in [5.74, 6) is -5.53. The van der Waals surface area contributed by atoms with E-state index in [9.17, 15) is 42.4 Å². The molecule has 312 valence electrons. The van der Waals surface area contributed by atoms with Crippen LogP contribution in [0, 0.1) is 40.4 Å². The van der Waals surface area contributed by atoms with E-state index in [4.69, 9.17) is 33.1 Å². The van der Waals surface area contributed by atoms with Crippen molar-refractivity contribution in [2.75, 3.05) is 6.61 Å². The van der Waals surface area contributed by atoms with Crippen molar-refractivity contribution in [1.82, 2.24) is 0 Å². The second kappa shape index (κ2) is 17.6. The van der Waals surface area contributed by atoms with Gasteiger partial charge in [0.15, 0.2) is 24.6 Å². The quantitative estimate of drug-likeness (QED) is 0.0162. The maximum absolute atomic E-state index is 13.2. The van der Waals surface area contributed by atoms with Gasteiger partial charge in [0.1, 0.15) is 12.7 Å². The summed E-state index contributed by atoms with van der Waals surface area (Å²) in [7, 11) is -5.39. The van der Waals surface area contributed by atoms with Crippen LogP contribution in [0.5, 0.6) is 0 Å². The highest BCUT2D eigenvalue weighted by molar-refractivity contribution is 7.80. The number of aliphatic hydroxyl groups is 1. The molecule has 0 aromatic carbocycles. The minimum absolute atomic E-state index is 0.0193. The summed E-state index contributed by atoms with van der Waals surface area (Å²) in [4.78, 5) is 54.7. The lowest BCUT2D eigenvalue weighted by Gasteiger charge is -2.62. The zero-order valence-electron chi connectivity index (χ0n) is 30.7. The third-order valence-corrected chi connectivity index (χ3v) is 12.8. The summed E-state index contributed by atoms with van der Waals surface area (Å²) >= 11 is 3.34. The number of hydrogen-bond acceptors (Lipinski definition) is 17. The minimum atomic E-state index is -5.39. The van der Waals surface area contributed by atoms with Gasteiger partial charge in [0.05, 0.1) is 31.0 Å². The Morgan fingerprint density at radius 1 is 1.02 bits per heavy atom. The van der Waals surface area contributed by atoms with E-state index in [-0.39, 0.29) is 42.9 Å². The molecule has 1 aliphatic heterocycles. The summed E-state index contributed by atoms with van der Waals surface area (Å²) in [6.07, 6.45) is -8.42. The summed E-state index contributed by atoms with van der Waals surface area (Å²) in [5, 5.41) is 39.7. The number of carbonyl (C=O) groups is 4. The van der Waals surface area contributed by atoms with Crippen LogP contribution in [0.2, 0.25) is 0 Å². The average Bonchev–Trinajstić information content (AvgIpc) is 3.26. The molecule has 13 atom stereocenters. The van der Waals surface area contributed by atoms with Crippen molar-refractivity contribution in [2.24, 2.45) is 40.4 Å². The second-order valence-corrected chi connectivity index (χ2v) is 17.2. The van der Waals surface area contributed by atoms with E-state index in [1.165, 1.54) is 0 Å². The number of thiol groups is 1. The number of hydrogen-bond donors (Lipinski definition) is 5. The first kappa shape index (κ1) is 43.7. The van der Waals surface area contributed by atoms with Crippen molar-refractivity contribution in [1.29, 1.82) is 0 Å². The maximum Gasteiger partial charge on any atom is 0.397 e. The fraction of sp³-hybridized carbons (Fsp3) is 0.824. The van der Waals surface area contributed by atoms with Crippen molar-refractivity contribution in [3.05, 3.63) is 12.2 Å². The fourth-order valence-electron chi connectivity index (χ4n) is 10.2. The third kappa shape index (κ3) is 9.65. The molecule has 4 aliphatic carbocycles. The van der Waals surface area contributed by atoms with E-state index in [0.717, 1.165) is 24.8 Å². The Morgan fingerprint density at radius 3 is 2.38 bits per heavy atom. The van der Waals surface area contributed by atoms with Gasteiger partial charge < -0.3 is 34.3 Å². The molecule has 5 aliphatic rings. The van der Waals surface area contributed by atoms with Gasteiger partial charge in [0.25, 0.3) is 0 Å². The molecule has 5 rings (SSSR count). The van der Waals surface area contributed by atoms with Crippen molar-refractivity contribution < 1.29 is 89.9 Å². The number of carboxylic acid groups (broad SMARTS) is 2. The van der Waals surface area contributed by atoms with E-state index < -0.39 is 113 Å². The first-order valence-electron chi connectivity index (χ1n) is 18.2. The molecule has 4 saturated carbocycles. The number of ether oxygens (including phenoxy) is 4. The number of aliphatic carboxylic acids is 2. The molecule has 19 nitrogen and oxygen atoms in total. The molecule has 1 saturated heterocycles. The molecule has 0 amide bonds. The number of carbonyl (C=O) groups excluding carboxylic acids is 2. The molecule has 8 unspecified atom stereocenters. The number of carboxylic acids is 2. The normalized spacial score (nSPS) is 38.5. The van der Waals surface area contributed by atoms with Gasteiger partial charge in [0.2, 0.25) is 0 Å². The van der Waals surface area contributed by atoms with Crippen LogP contribution in [0.3, 0.4) is 0 Å². The highest BCUT2D eigenvalue weighted by Crippen LogP contribution is 2.70. The van der Waals surface area contributed by atoms with Gasteiger partial charge in [0, 0.05) is 24.7 Å². The highest BCUT2D eigenvalue weighted by Gasteiger charge is 2.67. The number of esters is 2. The van der Waals surface area contributed by atoms with E-state index >= 15 is 0 Å². The Morgan fingerprint density at radius 2 is 1.75 bits per heavy atom. The van der Waals surface area contributed by atoms with Crippen molar-refractivity contribution in [3.63, 3.8) is 0 Å². The predicted octanol–water partition coefficient (Wildman–Crippen LogP) is 2.92. The molecular weight excluding hydrogens is 776 g/mol. The first-order valence-corrected chi connectivity index (χ1v) is 20.0. The lowest BCUT2D eigenvalue weighted by molar-refractivity contribution is -0.620. The highest BCUT2D eigenvalue weighted by atomic mass is 32.3. The van der Waals surface area contributed by atoms with Crippen LogP contribution in [0.1, 0.15) is 85.0 Å². The third-order valence-electron chi connectivity index (χ3n) is 12.2. The van der Waals surface area contributed by atoms with Gasteiger partial charge in [-0.15, -0.1) is 4.33 Å². The topological polar surface area (TPSA) is 266 Å². The van der Waals surface area contributed by atoms with Gasteiger partial charge >= 0.3 is 34.3 Å². The van der Waals surface area contributed by atoms with E-state index in [1.807, 2.05) is 6.92 Å². The lowest BCUT2D eigenvalue weighted by Crippen LogP contribution is -2.64. The molecule has 0 aromatic heterocycles. The average molecular weight is 827 g/mol. The monoisotopic (exact) mass is 826 g/mol. The molecule has 1 heterocycles. The smallest absolute Gasteiger partial charge is 0.397 e. The van der Waals surface area contributed by atoms with Gasteiger partial charge in [-0.05, 0) is 89.7 Å². The number of rotatable bonds is 17. The molecule has 0 aromatic rings. The summed E-state index contributed by atoms with van der Waals surface area (Å²) in [6, 6.07) is 0. The van der Waals surface area contributed by atoms with Crippen LogP contribution < -0.4 is 0 Å². The zero-order valence-corrected chi connectivity index (χ0v) is 32.4. The van der Waals surface area contributed by atoms with E-state index in [1.54, 1.807) is 13.8 Å². The Labute approximate surface area is 323 Å². The van der Waals surface area contributed by atoms with Gasteiger partial charge in [-0.1, -0.05) is 27.4 Å². The maximum atomic E-state index is 13.2. The fourth-order valence-corrected chi connectivity index (χ4v) is 10.7. The molecular formula is C34H50O19S2. The van der Waals surface area contributed by atoms with Gasteiger partial charge in [-0.2, -0.15) is 13.3 Å². The van der Waals surface area contributed by atoms with Crippen LogP contribution in [0.25, 0.3) is 0 Å². The Hall–Kier alpha value is -2.44. The predicted molar refractivity (Wildman–Crippen MR) is 184 cm³/mol. The Balaban J connectivity index is 1.51. The van der Waals surface area contributed by atoms with Crippen LogP contribution >= 0.6 is 12.9 Å². The van der Waals surface area contributed by atoms with Crippen LogP contribution in [-0.2, 0) is 72.0 Å². The summed E-state index contributed by atoms with van der Waals surface area (Å²) < 4.78 is 67.0. The summed E-state index contributed by atoms with van der Waals surface area (Å²) in [6.45, 7) is 8.86. The second-order valence-electron chi connectivity index (χ2n) is 16.0. The van der Waals surface area contributed by atoms with E-state index in [0.29, 0.717) is 12.8 Å². The zero-order chi connectivity index (χ0) is 40.5. The Kier molecular flexibility index (Phi) is 14.0. The van der Waals surface area contributed by atoms with Crippen molar-refractivity contribution >= 4 is 47.2 Å². The minimum Gasteiger partial charge on any atom is -0.481 e. The lowest BCUT2D eigenvalue weighted by atomic mass is 9.43. The Bertz CT molecular complexity index is 1560. The molecule has 1 spiro atoms. The molecule has 5 fully saturated rings. The SMILES string of the molecule is C=C1C2CCC3C4(C)CC(O[C@@H]5O[C@@H](COC(=O)CCC(=O)O)[C@@H](OOOOS)[C@H](OS(=O)(=O)O)C5OC(=O)CC(C)C)CC(C(=O)O)C4CCC3(C2)[C@H]1O. The molecule has 0 radical (unpaired) electrons.